The smallest absolute Gasteiger partial charge is 0.277 e. The van der Waals surface area contributed by atoms with Crippen molar-refractivity contribution in [3.05, 3.63) is 34.1 Å². The van der Waals surface area contributed by atoms with Crippen molar-refractivity contribution >= 4 is 46.6 Å². The fourth-order valence-electron chi connectivity index (χ4n) is 1.34. The monoisotopic (exact) mass is 331 g/mol. The van der Waals surface area contributed by atoms with Gasteiger partial charge in [-0.3, -0.25) is 4.79 Å². The first kappa shape index (κ1) is 15.2. The average molecular weight is 332 g/mol. The number of aromatic nitrogens is 2. The van der Waals surface area contributed by atoms with Crippen LogP contribution in [0.2, 0.25) is 10.0 Å². The van der Waals surface area contributed by atoms with Gasteiger partial charge in [0.25, 0.3) is 5.22 Å². The highest BCUT2D eigenvalue weighted by molar-refractivity contribution is 7.99. The highest BCUT2D eigenvalue weighted by atomic mass is 35.5. The van der Waals surface area contributed by atoms with Gasteiger partial charge in [0.2, 0.25) is 11.8 Å². The minimum Gasteiger partial charge on any atom is -0.416 e. The van der Waals surface area contributed by atoms with Gasteiger partial charge in [-0.25, -0.2) is 0 Å². The molecule has 1 amide bonds. The van der Waals surface area contributed by atoms with Gasteiger partial charge in [0, 0.05) is 12.1 Å². The van der Waals surface area contributed by atoms with Gasteiger partial charge in [-0.1, -0.05) is 41.9 Å². The van der Waals surface area contributed by atoms with E-state index in [1.54, 1.807) is 18.2 Å². The number of benzene rings is 1. The van der Waals surface area contributed by atoms with Crippen LogP contribution in [-0.4, -0.2) is 21.9 Å². The summed E-state index contributed by atoms with van der Waals surface area (Å²) in [5.41, 5.74) is 0.588. The predicted octanol–water partition coefficient (Wildman–Crippen LogP) is 3.67. The number of hydrogen-bond donors (Lipinski definition) is 1. The summed E-state index contributed by atoms with van der Waals surface area (Å²) in [7, 11) is 0. The molecule has 2 rings (SSSR count). The van der Waals surface area contributed by atoms with Crippen LogP contribution >= 0.6 is 35.0 Å². The quantitative estimate of drug-likeness (QED) is 0.846. The first-order valence-corrected chi connectivity index (χ1v) is 7.52. The molecule has 1 N–H and O–H groups in total. The van der Waals surface area contributed by atoms with Gasteiger partial charge in [-0.15, -0.1) is 10.2 Å². The fraction of sp³-hybridized carbons (Fsp3) is 0.250. The zero-order chi connectivity index (χ0) is 14.5. The molecule has 0 saturated heterocycles. The van der Waals surface area contributed by atoms with Crippen molar-refractivity contribution in [2.75, 3.05) is 11.1 Å². The van der Waals surface area contributed by atoms with Gasteiger partial charge >= 0.3 is 0 Å². The van der Waals surface area contributed by atoms with Crippen LogP contribution in [0, 0.1) is 0 Å². The van der Waals surface area contributed by atoms with Crippen molar-refractivity contribution in [2.45, 2.75) is 18.6 Å². The summed E-state index contributed by atoms with van der Waals surface area (Å²) >= 11 is 12.8. The second-order valence-corrected chi connectivity index (χ2v) is 5.52. The molecule has 0 radical (unpaired) electrons. The molecular formula is C12H11Cl2N3O2S. The van der Waals surface area contributed by atoms with E-state index in [9.17, 15) is 4.79 Å². The van der Waals surface area contributed by atoms with Crippen molar-refractivity contribution < 1.29 is 9.21 Å². The van der Waals surface area contributed by atoms with Crippen LogP contribution in [0.25, 0.3) is 0 Å². The number of halogens is 2. The van der Waals surface area contributed by atoms with Crippen LogP contribution < -0.4 is 5.32 Å². The minimum absolute atomic E-state index is 0.172. The summed E-state index contributed by atoms with van der Waals surface area (Å²) in [6.45, 7) is 1.92. The maximum atomic E-state index is 11.8. The maximum Gasteiger partial charge on any atom is 0.277 e. The normalized spacial score (nSPS) is 10.6. The zero-order valence-electron chi connectivity index (χ0n) is 10.5. The van der Waals surface area contributed by atoms with Crippen molar-refractivity contribution in [1.29, 1.82) is 0 Å². The number of amides is 1. The topological polar surface area (TPSA) is 68.0 Å². The third-order valence-electron chi connectivity index (χ3n) is 2.28. The van der Waals surface area contributed by atoms with E-state index in [2.05, 4.69) is 15.5 Å². The van der Waals surface area contributed by atoms with Crippen LogP contribution in [0.1, 0.15) is 12.8 Å². The molecule has 106 valence electrons. The Bertz CT molecular complexity index is 618. The van der Waals surface area contributed by atoms with Crippen molar-refractivity contribution in [3.63, 3.8) is 0 Å². The van der Waals surface area contributed by atoms with Crippen molar-refractivity contribution in [3.8, 4) is 0 Å². The van der Waals surface area contributed by atoms with E-state index < -0.39 is 0 Å². The summed E-state index contributed by atoms with van der Waals surface area (Å²) < 4.78 is 5.29. The van der Waals surface area contributed by atoms with Gasteiger partial charge in [0.1, 0.15) is 0 Å². The molecule has 1 aromatic carbocycles. The van der Waals surface area contributed by atoms with E-state index in [-0.39, 0.29) is 11.7 Å². The average Bonchev–Trinajstić information content (AvgIpc) is 2.89. The van der Waals surface area contributed by atoms with E-state index >= 15 is 0 Å². The van der Waals surface area contributed by atoms with E-state index in [0.29, 0.717) is 33.3 Å². The molecule has 5 nitrogen and oxygen atoms in total. The Hall–Kier alpha value is -1.24. The van der Waals surface area contributed by atoms with Crippen LogP contribution in [0.5, 0.6) is 0 Å². The number of nitrogens with zero attached hydrogens (tertiary/aromatic N) is 2. The highest BCUT2D eigenvalue weighted by Gasteiger charge is 2.09. The Morgan fingerprint density at radius 3 is 2.80 bits per heavy atom. The Labute approximate surface area is 130 Å². The number of nitrogens with one attached hydrogen (secondary N) is 1. The van der Waals surface area contributed by atoms with Gasteiger partial charge < -0.3 is 9.73 Å². The molecule has 1 aromatic heterocycles. The van der Waals surface area contributed by atoms with Gasteiger partial charge in [0.05, 0.1) is 15.8 Å². The van der Waals surface area contributed by atoms with E-state index in [1.165, 1.54) is 11.8 Å². The predicted molar refractivity (Wildman–Crippen MR) is 79.5 cm³/mol. The second kappa shape index (κ2) is 6.97. The second-order valence-electron chi connectivity index (χ2n) is 3.78. The molecule has 0 atom stereocenters. The summed E-state index contributed by atoms with van der Waals surface area (Å²) in [4.78, 5) is 11.8. The van der Waals surface area contributed by atoms with Gasteiger partial charge in [-0.2, -0.15) is 0 Å². The molecule has 8 heteroatoms. The molecule has 0 aliphatic heterocycles. The van der Waals surface area contributed by atoms with Crippen molar-refractivity contribution in [2.24, 2.45) is 0 Å². The zero-order valence-corrected chi connectivity index (χ0v) is 12.8. The molecule has 0 aliphatic carbocycles. The largest absolute Gasteiger partial charge is 0.416 e. The van der Waals surface area contributed by atoms with Gasteiger partial charge in [-0.05, 0) is 18.2 Å². The van der Waals surface area contributed by atoms with Crippen molar-refractivity contribution in [1.82, 2.24) is 10.2 Å². The minimum atomic E-state index is -0.190. The Balaban J connectivity index is 1.87. The van der Waals surface area contributed by atoms with Crippen LogP contribution in [0.15, 0.2) is 27.8 Å². The van der Waals surface area contributed by atoms with Crippen LogP contribution in [0.3, 0.4) is 0 Å². The standard InChI is InChI=1S/C12H11Cl2N3O2S/c1-2-11-16-17-12(19-11)20-6-10(18)15-7-3-4-8(13)9(14)5-7/h3-5H,2,6H2,1H3,(H,15,18). The molecule has 0 fully saturated rings. The molecule has 0 aliphatic rings. The van der Waals surface area contributed by atoms with E-state index in [0.717, 1.165) is 0 Å². The molecule has 1 heterocycles. The number of carbonyl (C=O) groups excluding carboxylic acids is 1. The number of thioether (sulfide) groups is 1. The number of aryl methyl sites for hydroxylation is 1. The number of anilines is 1. The lowest BCUT2D eigenvalue weighted by Gasteiger charge is -2.05. The van der Waals surface area contributed by atoms with E-state index in [4.69, 9.17) is 27.6 Å². The fourth-order valence-corrected chi connectivity index (χ4v) is 2.22. The molecule has 0 spiro atoms. The third kappa shape index (κ3) is 4.13. The van der Waals surface area contributed by atoms with E-state index in [1.807, 2.05) is 6.92 Å². The van der Waals surface area contributed by atoms with Gasteiger partial charge in [0.15, 0.2) is 0 Å². The number of rotatable bonds is 5. The first-order chi connectivity index (χ1) is 9.58. The maximum absolute atomic E-state index is 11.8. The molecule has 0 saturated carbocycles. The number of hydrogen-bond acceptors (Lipinski definition) is 5. The Morgan fingerprint density at radius 2 is 2.15 bits per heavy atom. The summed E-state index contributed by atoms with van der Waals surface area (Å²) in [5.74, 6) is 0.535. The number of carbonyl (C=O) groups is 1. The lowest BCUT2D eigenvalue weighted by Crippen LogP contribution is -2.13. The summed E-state index contributed by atoms with van der Waals surface area (Å²) in [5, 5.41) is 11.6. The summed E-state index contributed by atoms with van der Waals surface area (Å²) in [6, 6.07) is 4.89. The Morgan fingerprint density at radius 1 is 1.35 bits per heavy atom. The third-order valence-corrected chi connectivity index (χ3v) is 3.84. The highest BCUT2D eigenvalue weighted by Crippen LogP contribution is 2.25. The Kier molecular flexibility index (Phi) is 5.28. The molecular weight excluding hydrogens is 321 g/mol. The van der Waals surface area contributed by atoms with Crippen LogP contribution in [-0.2, 0) is 11.2 Å². The first-order valence-electron chi connectivity index (χ1n) is 5.78. The lowest BCUT2D eigenvalue weighted by molar-refractivity contribution is -0.113. The molecule has 2 aromatic rings. The molecule has 0 unspecified atom stereocenters. The summed E-state index contributed by atoms with van der Waals surface area (Å²) in [6.07, 6.45) is 0.670. The SMILES string of the molecule is CCc1nnc(SCC(=O)Nc2ccc(Cl)c(Cl)c2)o1. The van der Waals surface area contributed by atoms with Crippen LogP contribution in [0.4, 0.5) is 5.69 Å². The lowest BCUT2D eigenvalue weighted by atomic mass is 10.3. The molecule has 0 bridgehead atoms. The molecule has 20 heavy (non-hydrogen) atoms.